The van der Waals surface area contributed by atoms with Crippen molar-refractivity contribution in [2.45, 2.75) is 6.61 Å². The molecule has 2 aromatic heterocycles. The van der Waals surface area contributed by atoms with Crippen molar-refractivity contribution in [3.8, 4) is 17.1 Å². The van der Waals surface area contributed by atoms with Crippen LogP contribution in [-0.4, -0.2) is 20.6 Å². The standard InChI is InChI=1S/C17H9Cl2FN4O3/c18-9-5-11(19)14-12(6-9)27-16(8-1-3-10(20)4-2-8)17(15(14)25)26-7-13-21-23-24-22-13/h1-6H,7H2,(H,21,22,23,24). The first kappa shape index (κ1) is 17.4. The Morgan fingerprint density at radius 3 is 2.67 bits per heavy atom. The van der Waals surface area contributed by atoms with E-state index in [9.17, 15) is 9.18 Å². The van der Waals surface area contributed by atoms with E-state index in [0.29, 0.717) is 10.6 Å². The van der Waals surface area contributed by atoms with Crippen molar-refractivity contribution in [1.29, 1.82) is 0 Å². The molecular formula is C17H9Cl2FN4O3. The number of aromatic amines is 1. The zero-order valence-corrected chi connectivity index (χ0v) is 14.9. The van der Waals surface area contributed by atoms with Gasteiger partial charge in [0.2, 0.25) is 17.0 Å². The van der Waals surface area contributed by atoms with E-state index in [1.54, 1.807) is 0 Å². The van der Waals surface area contributed by atoms with Gasteiger partial charge in [0.25, 0.3) is 0 Å². The molecule has 4 rings (SSSR count). The Hall–Kier alpha value is -2.97. The molecule has 0 spiro atoms. The molecule has 0 radical (unpaired) electrons. The van der Waals surface area contributed by atoms with Gasteiger partial charge in [0.15, 0.2) is 12.4 Å². The zero-order chi connectivity index (χ0) is 19.0. The normalized spacial score (nSPS) is 11.1. The Labute approximate surface area is 160 Å². The van der Waals surface area contributed by atoms with Gasteiger partial charge >= 0.3 is 0 Å². The lowest BCUT2D eigenvalue weighted by Gasteiger charge is -2.11. The van der Waals surface area contributed by atoms with Crippen molar-refractivity contribution in [3.05, 3.63) is 68.3 Å². The molecule has 0 amide bonds. The molecule has 27 heavy (non-hydrogen) atoms. The summed E-state index contributed by atoms with van der Waals surface area (Å²) in [5, 5.41) is 13.8. The van der Waals surface area contributed by atoms with Gasteiger partial charge in [-0.25, -0.2) is 4.39 Å². The van der Waals surface area contributed by atoms with Crippen LogP contribution in [0.5, 0.6) is 5.75 Å². The van der Waals surface area contributed by atoms with Crippen LogP contribution in [0, 0.1) is 5.82 Å². The number of halogens is 3. The van der Waals surface area contributed by atoms with Crippen molar-refractivity contribution in [2.24, 2.45) is 0 Å². The Balaban J connectivity index is 1.93. The van der Waals surface area contributed by atoms with Crippen LogP contribution in [0.3, 0.4) is 0 Å². The molecule has 0 aliphatic rings. The second-order valence-corrected chi connectivity index (χ2v) is 6.32. The molecule has 4 aromatic rings. The van der Waals surface area contributed by atoms with Crippen molar-refractivity contribution < 1.29 is 13.5 Å². The van der Waals surface area contributed by atoms with Crippen molar-refractivity contribution in [1.82, 2.24) is 20.6 Å². The summed E-state index contributed by atoms with van der Waals surface area (Å²) in [5.74, 6) is -0.193. The minimum atomic E-state index is -0.499. The maximum Gasteiger partial charge on any atom is 0.236 e. The van der Waals surface area contributed by atoms with Crippen LogP contribution in [0.2, 0.25) is 10.0 Å². The van der Waals surface area contributed by atoms with Gasteiger partial charge in [-0.3, -0.25) is 4.79 Å². The van der Waals surface area contributed by atoms with E-state index < -0.39 is 11.2 Å². The second kappa shape index (κ2) is 6.98. The molecule has 0 fully saturated rings. The van der Waals surface area contributed by atoms with E-state index in [1.165, 1.54) is 36.4 Å². The highest BCUT2D eigenvalue weighted by molar-refractivity contribution is 6.38. The number of rotatable bonds is 4. The molecule has 1 N–H and O–H groups in total. The van der Waals surface area contributed by atoms with Crippen molar-refractivity contribution in [3.63, 3.8) is 0 Å². The zero-order valence-electron chi connectivity index (χ0n) is 13.4. The number of benzene rings is 2. The lowest BCUT2D eigenvalue weighted by atomic mass is 10.1. The predicted octanol–water partition coefficient (Wildman–Crippen LogP) is 4.00. The summed E-state index contributed by atoms with van der Waals surface area (Å²) in [6.45, 7) is -0.133. The Morgan fingerprint density at radius 1 is 1.19 bits per heavy atom. The van der Waals surface area contributed by atoms with Crippen LogP contribution in [-0.2, 0) is 6.61 Å². The molecule has 0 aliphatic heterocycles. The lowest BCUT2D eigenvalue weighted by Crippen LogP contribution is -2.11. The fourth-order valence-corrected chi connectivity index (χ4v) is 3.09. The molecule has 0 saturated heterocycles. The maximum atomic E-state index is 13.3. The van der Waals surface area contributed by atoms with Crippen LogP contribution in [0.4, 0.5) is 4.39 Å². The smallest absolute Gasteiger partial charge is 0.236 e. The van der Waals surface area contributed by atoms with E-state index in [2.05, 4.69) is 20.6 Å². The Morgan fingerprint density at radius 2 is 1.96 bits per heavy atom. The first-order valence-electron chi connectivity index (χ1n) is 7.60. The van der Waals surface area contributed by atoms with E-state index in [-0.39, 0.29) is 39.9 Å². The Kier molecular flexibility index (Phi) is 4.51. The Bertz CT molecular complexity index is 1180. The SMILES string of the molecule is O=c1c(OCc2nn[nH]n2)c(-c2ccc(F)cc2)oc2cc(Cl)cc(Cl)c12. The number of hydrogen-bond donors (Lipinski definition) is 1. The van der Waals surface area contributed by atoms with Gasteiger partial charge in [-0.05, 0) is 30.3 Å². The average molecular weight is 407 g/mol. The number of nitrogens with zero attached hydrogens (tertiary/aromatic N) is 3. The second-order valence-electron chi connectivity index (χ2n) is 5.47. The number of hydrogen-bond acceptors (Lipinski definition) is 6. The third-order valence-corrected chi connectivity index (χ3v) is 4.23. The molecule has 0 unspecified atom stereocenters. The third kappa shape index (κ3) is 3.36. The molecule has 0 atom stereocenters. The van der Waals surface area contributed by atoms with Gasteiger partial charge in [0, 0.05) is 16.7 Å². The molecule has 2 heterocycles. The number of fused-ring (bicyclic) bond motifs is 1. The van der Waals surface area contributed by atoms with Crippen LogP contribution < -0.4 is 10.2 Å². The quantitative estimate of drug-likeness (QED) is 0.550. The van der Waals surface area contributed by atoms with Gasteiger partial charge in [-0.1, -0.05) is 28.4 Å². The van der Waals surface area contributed by atoms with Crippen LogP contribution >= 0.6 is 23.2 Å². The van der Waals surface area contributed by atoms with Crippen molar-refractivity contribution in [2.75, 3.05) is 0 Å². The minimum absolute atomic E-state index is 0.106. The van der Waals surface area contributed by atoms with Gasteiger partial charge in [0.1, 0.15) is 11.4 Å². The minimum Gasteiger partial charge on any atom is -0.478 e. The molecular weight excluding hydrogens is 398 g/mol. The summed E-state index contributed by atoms with van der Waals surface area (Å²) >= 11 is 12.2. The molecule has 0 saturated carbocycles. The molecule has 2 aromatic carbocycles. The number of H-pyrrole nitrogens is 1. The van der Waals surface area contributed by atoms with Crippen LogP contribution in [0.25, 0.3) is 22.3 Å². The summed E-state index contributed by atoms with van der Waals surface area (Å²) < 4.78 is 24.8. The molecule has 10 heteroatoms. The number of ether oxygens (including phenoxy) is 1. The predicted molar refractivity (Wildman–Crippen MR) is 96.4 cm³/mol. The topological polar surface area (TPSA) is 93.9 Å². The van der Waals surface area contributed by atoms with Gasteiger partial charge in [-0.15, -0.1) is 10.2 Å². The van der Waals surface area contributed by atoms with Crippen LogP contribution in [0.15, 0.2) is 45.6 Å². The highest BCUT2D eigenvalue weighted by Crippen LogP contribution is 2.34. The molecule has 136 valence electrons. The fraction of sp³-hybridized carbons (Fsp3) is 0.0588. The first-order valence-corrected chi connectivity index (χ1v) is 8.35. The van der Waals surface area contributed by atoms with E-state index in [0.717, 1.165) is 0 Å². The van der Waals surface area contributed by atoms with Crippen LogP contribution in [0.1, 0.15) is 5.82 Å². The van der Waals surface area contributed by atoms with E-state index in [4.69, 9.17) is 32.4 Å². The van der Waals surface area contributed by atoms with Gasteiger partial charge in [-0.2, -0.15) is 5.21 Å². The first-order chi connectivity index (χ1) is 13.0. The monoisotopic (exact) mass is 406 g/mol. The summed E-state index contributed by atoms with van der Waals surface area (Å²) in [6, 6.07) is 8.32. The van der Waals surface area contributed by atoms with E-state index >= 15 is 0 Å². The third-order valence-electron chi connectivity index (χ3n) is 3.71. The number of aromatic nitrogens is 4. The van der Waals surface area contributed by atoms with Gasteiger partial charge in [0.05, 0.1) is 10.4 Å². The largest absolute Gasteiger partial charge is 0.478 e. The maximum absolute atomic E-state index is 13.3. The summed E-state index contributed by atoms with van der Waals surface area (Å²) in [7, 11) is 0. The molecule has 0 aliphatic carbocycles. The molecule has 7 nitrogen and oxygen atoms in total. The summed E-state index contributed by atoms with van der Waals surface area (Å²) in [6.07, 6.45) is 0. The van der Waals surface area contributed by atoms with Gasteiger partial charge < -0.3 is 9.15 Å². The van der Waals surface area contributed by atoms with E-state index in [1.807, 2.05) is 0 Å². The lowest BCUT2D eigenvalue weighted by molar-refractivity contribution is 0.288. The average Bonchev–Trinajstić information content (AvgIpc) is 3.14. The highest BCUT2D eigenvalue weighted by atomic mass is 35.5. The number of tetrazole rings is 1. The fourth-order valence-electron chi connectivity index (χ4n) is 2.53. The summed E-state index contributed by atoms with van der Waals surface area (Å²) in [4.78, 5) is 13.0. The number of nitrogens with one attached hydrogen (secondary N) is 1. The summed E-state index contributed by atoms with van der Waals surface area (Å²) in [5.41, 5.74) is 0.124. The molecule has 0 bridgehead atoms. The highest BCUT2D eigenvalue weighted by Gasteiger charge is 2.20. The van der Waals surface area contributed by atoms with Crippen molar-refractivity contribution >= 4 is 34.2 Å².